The lowest BCUT2D eigenvalue weighted by Crippen LogP contribution is -2.22. The molecule has 0 aliphatic heterocycles. The Morgan fingerprint density at radius 2 is 1.73 bits per heavy atom. The van der Waals surface area contributed by atoms with Gasteiger partial charge in [0, 0.05) is 6.20 Å². The van der Waals surface area contributed by atoms with Crippen molar-refractivity contribution in [1.82, 2.24) is 15.0 Å². The van der Waals surface area contributed by atoms with Gasteiger partial charge in [-0.05, 0) is 39.0 Å². The fourth-order valence-corrected chi connectivity index (χ4v) is 1.24. The number of hydrogen-bond donors (Lipinski definition) is 0. The zero-order valence-electron chi connectivity index (χ0n) is 10.8. The average molecular weight is 209 g/mol. The lowest BCUT2D eigenvalue weighted by Gasteiger charge is -2.18. The number of nitrogens with zero attached hydrogens (tertiary/aromatic N) is 3. The van der Waals surface area contributed by atoms with Gasteiger partial charge in [-0.15, -0.1) is 5.10 Å². The van der Waals surface area contributed by atoms with E-state index < -0.39 is 0 Å². The van der Waals surface area contributed by atoms with Gasteiger partial charge in [-0.3, -0.25) is 0 Å². The maximum Gasteiger partial charge on any atom is 0.0827 e. The summed E-state index contributed by atoms with van der Waals surface area (Å²) in [7, 11) is 0. The Morgan fingerprint density at radius 3 is 2.13 bits per heavy atom. The molecule has 0 amide bonds. The summed E-state index contributed by atoms with van der Waals surface area (Å²) >= 11 is 0. The van der Waals surface area contributed by atoms with E-state index >= 15 is 0 Å². The number of aromatic nitrogens is 3. The summed E-state index contributed by atoms with van der Waals surface area (Å²) in [6, 6.07) is 0. The number of rotatable bonds is 2. The van der Waals surface area contributed by atoms with Crippen LogP contribution in [0.3, 0.4) is 0 Å². The molecule has 1 aromatic rings. The summed E-state index contributed by atoms with van der Waals surface area (Å²) in [5.41, 5.74) is 1.50. The second kappa shape index (κ2) is 3.95. The molecule has 1 aromatic heterocycles. The predicted octanol–water partition coefficient (Wildman–Crippen LogP) is 3.01. The molecular formula is C12H23N3. The van der Waals surface area contributed by atoms with Gasteiger partial charge >= 0.3 is 0 Å². The fourth-order valence-electron chi connectivity index (χ4n) is 1.24. The lowest BCUT2D eigenvalue weighted by atomic mass is 9.90. The molecule has 0 spiro atoms. The van der Waals surface area contributed by atoms with Crippen LogP contribution in [0.4, 0.5) is 0 Å². The summed E-state index contributed by atoms with van der Waals surface area (Å²) in [5.74, 6) is 0. The van der Waals surface area contributed by atoms with Crippen molar-refractivity contribution in [3.05, 3.63) is 11.9 Å². The minimum Gasteiger partial charge on any atom is -0.247 e. The normalized spacial score (nSPS) is 13.2. The van der Waals surface area contributed by atoms with Gasteiger partial charge in [-0.1, -0.05) is 26.0 Å². The molecule has 0 aliphatic rings. The second-order valence-electron chi connectivity index (χ2n) is 6.39. The second-order valence-corrected chi connectivity index (χ2v) is 6.39. The van der Waals surface area contributed by atoms with Crippen molar-refractivity contribution < 1.29 is 0 Å². The summed E-state index contributed by atoms with van der Waals surface area (Å²) in [5, 5.41) is 8.35. The van der Waals surface area contributed by atoms with Crippen molar-refractivity contribution in [2.75, 3.05) is 0 Å². The third-order valence-corrected chi connectivity index (χ3v) is 2.36. The molecule has 0 aromatic carbocycles. The molecule has 0 bridgehead atoms. The van der Waals surface area contributed by atoms with Crippen LogP contribution in [-0.4, -0.2) is 15.0 Å². The van der Waals surface area contributed by atoms with Crippen LogP contribution in [0.5, 0.6) is 0 Å². The first-order valence-corrected chi connectivity index (χ1v) is 5.60. The Morgan fingerprint density at radius 1 is 1.13 bits per heavy atom. The molecule has 1 rings (SSSR count). The van der Waals surface area contributed by atoms with Crippen molar-refractivity contribution >= 4 is 0 Å². The van der Waals surface area contributed by atoms with Crippen LogP contribution >= 0.6 is 0 Å². The van der Waals surface area contributed by atoms with Crippen LogP contribution in [0.1, 0.15) is 53.7 Å². The smallest absolute Gasteiger partial charge is 0.0827 e. The van der Waals surface area contributed by atoms with Gasteiger partial charge < -0.3 is 0 Å². The van der Waals surface area contributed by atoms with Crippen LogP contribution in [-0.2, 0) is 12.0 Å². The van der Waals surface area contributed by atoms with E-state index in [0.29, 0.717) is 5.41 Å². The molecule has 15 heavy (non-hydrogen) atoms. The maximum atomic E-state index is 4.20. The predicted molar refractivity (Wildman–Crippen MR) is 62.8 cm³/mol. The van der Waals surface area contributed by atoms with E-state index in [9.17, 15) is 0 Å². The van der Waals surface area contributed by atoms with Gasteiger partial charge in [-0.2, -0.15) is 0 Å². The zero-order chi connectivity index (χ0) is 11.7. The van der Waals surface area contributed by atoms with Gasteiger partial charge in [0.15, 0.2) is 0 Å². The Hall–Kier alpha value is -0.860. The quantitative estimate of drug-likeness (QED) is 0.749. The molecule has 86 valence electrons. The molecule has 0 atom stereocenters. The molecule has 0 unspecified atom stereocenters. The van der Waals surface area contributed by atoms with Gasteiger partial charge in [0.25, 0.3) is 0 Å². The SMILES string of the molecule is CC(C)(C)CCc1cn(C(C)(C)C)nn1. The van der Waals surface area contributed by atoms with E-state index in [1.807, 2.05) is 4.68 Å². The van der Waals surface area contributed by atoms with Crippen LogP contribution in [0, 0.1) is 5.41 Å². The van der Waals surface area contributed by atoms with Crippen molar-refractivity contribution in [2.45, 2.75) is 59.9 Å². The molecule has 0 fully saturated rings. The minimum absolute atomic E-state index is 0.0347. The highest BCUT2D eigenvalue weighted by atomic mass is 15.4. The Kier molecular flexibility index (Phi) is 3.22. The molecule has 0 aliphatic carbocycles. The van der Waals surface area contributed by atoms with Crippen LogP contribution in [0.15, 0.2) is 6.20 Å². The van der Waals surface area contributed by atoms with Crippen LogP contribution < -0.4 is 0 Å². The topological polar surface area (TPSA) is 30.7 Å². The molecule has 0 saturated carbocycles. The average Bonchev–Trinajstić information content (AvgIpc) is 2.45. The Balaban J connectivity index is 2.62. The molecule has 0 N–H and O–H groups in total. The van der Waals surface area contributed by atoms with Crippen molar-refractivity contribution in [1.29, 1.82) is 0 Å². The van der Waals surface area contributed by atoms with E-state index in [1.165, 1.54) is 0 Å². The van der Waals surface area contributed by atoms with Gasteiger partial charge in [0.2, 0.25) is 0 Å². The highest BCUT2D eigenvalue weighted by molar-refractivity contribution is 4.95. The van der Waals surface area contributed by atoms with Gasteiger partial charge in [-0.25, -0.2) is 4.68 Å². The summed E-state index contributed by atoms with van der Waals surface area (Å²) in [6.07, 6.45) is 4.22. The zero-order valence-corrected chi connectivity index (χ0v) is 10.8. The summed E-state index contributed by atoms with van der Waals surface area (Å²) in [4.78, 5) is 0. The molecule has 3 heteroatoms. The third-order valence-electron chi connectivity index (χ3n) is 2.36. The molecular weight excluding hydrogens is 186 g/mol. The van der Waals surface area contributed by atoms with E-state index in [2.05, 4.69) is 58.1 Å². The first-order chi connectivity index (χ1) is 6.68. The van der Waals surface area contributed by atoms with E-state index in [-0.39, 0.29) is 5.54 Å². The van der Waals surface area contributed by atoms with Crippen LogP contribution in [0.2, 0.25) is 0 Å². The first-order valence-electron chi connectivity index (χ1n) is 5.60. The van der Waals surface area contributed by atoms with Crippen molar-refractivity contribution in [2.24, 2.45) is 5.41 Å². The van der Waals surface area contributed by atoms with E-state index in [1.54, 1.807) is 0 Å². The van der Waals surface area contributed by atoms with E-state index in [4.69, 9.17) is 0 Å². The van der Waals surface area contributed by atoms with E-state index in [0.717, 1.165) is 18.5 Å². The van der Waals surface area contributed by atoms with Gasteiger partial charge in [0.1, 0.15) is 0 Å². The number of aryl methyl sites for hydroxylation is 1. The van der Waals surface area contributed by atoms with Crippen molar-refractivity contribution in [3.8, 4) is 0 Å². The standard InChI is InChI=1S/C12H23N3/c1-11(2,3)8-7-10-9-15(14-13-10)12(4,5)6/h9H,7-8H2,1-6H3. The highest BCUT2D eigenvalue weighted by Gasteiger charge is 2.16. The summed E-state index contributed by atoms with van der Waals surface area (Å²) in [6.45, 7) is 13.2. The lowest BCUT2D eigenvalue weighted by molar-refractivity contribution is 0.346. The Labute approximate surface area is 92.9 Å². The largest absolute Gasteiger partial charge is 0.247 e. The fraction of sp³-hybridized carbons (Fsp3) is 0.833. The molecule has 3 nitrogen and oxygen atoms in total. The summed E-state index contributed by atoms with van der Waals surface area (Å²) < 4.78 is 1.94. The van der Waals surface area contributed by atoms with Crippen molar-refractivity contribution in [3.63, 3.8) is 0 Å². The number of hydrogen-bond acceptors (Lipinski definition) is 2. The monoisotopic (exact) mass is 209 g/mol. The molecule has 0 radical (unpaired) electrons. The molecule has 1 heterocycles. The minimum atomic E-state index is 0.0347. The Bertz CT molecular complexity index is 312. The van der Waals surface area contributed by atoms with Gasteiger partial charge in [0.05, 0.1) is 11.2 Å². The maximum absolute atomic E-state index is 4.20. The van der Waals surface area contributed by atoms with Crippen LogP contribution in [0.25, 0.3) is 0 Å². The third kappa shape index (κ3) is 4.02. The highest BCUT2D eigenvalue weighted by Crippen LogP contribution is 2.21. The first kappa shape index (κ1) is 12.2. The molecule has 0 saturated heterocycles.